The summed E-state index contributed by atoms with van der Waals surface area (Å²) >= 11 is 0. The smallest absolute Gasteiger partial charge is 0.371 e. The van der Waals surface area contributed by atoms with Gasteiger partial charge in [-0.25, -0.2) is 4.79 Å². The van der Waals surface area contributed by atoms with E-state index in [0.717, 1.165) is 16.7 Å². The zero-order valence-corrected chi connectivity index (χ0v) is 16.0. The van der Waals surface area contributed by atoms with Gasteiger partial charge in [-0.2, -0.15) is 5.26 Å². The molecule has 29 heavy (non-hydrogen) atoms. The maximum absolute atomic E-state index is 12.0. The summed E-state index contributed by atoms with van der Waals surface area (Å²) in [5.74, 6) is -0.821. The number of benzene rings is 3. The fourth-order valence-corrected chi connectivity index (χ4v) is 3.09. The Kier molecular flexibility index (Phi) is 6.39. The maximum Gasteiger partial charge on any atom is 0.371 e. The van der Waals surface area contributed by atoms with Crippen LogP contribution in [0.2, 0.25) is 0 Å². The van der Waals surface area contributed by atoms with Crippen molar-refractivity contribution in [3.05, 3.63) is 108 Å². The highest BCUT2D eigenvalue weighted by atomic mass is 16.7. The lowest BCUT2D eigenvalue weighted by Gasteiger charge is -2.33. The minimum Gasteiger partial charge on any atom is -0.461 e. The number of rotatable bonds is 7. The van der Waals surface area contributed by atoms with E-state index < -0.39 is 17.3 Å². The van der Waals surface area contributed by atoms with Gasteiger partial charge in [-0.05, 0) is 6.92 Å². The largest absolute Gasteiger partial charge is 0.461 e. The van der Waals surface area contributed by atoms with Gasteiger partial charge >= 0.3 is 5.97 Å². The van der Waals surface area contributed by atoms with Crippen molar-refractivity contribution in [2.45, 2.75) is 12.5 Å². The third-order valence-corrected chi connectivity index (χ3v) is 4.39. The summed E-state index contributed by atoms with van der Waals surface area (Å²) in [4.78, 5) is 18.1. The number of esters is 1. The third-order valence-electron chi connectivity index (χ3n) is 4.39. The van der Waals surface area contributed by atoms with E-state index in [2.05, 4.69) is 5.16 Å². The summed E-state index contributed by atoms with van der Waals surface area (Å²) in [5, 5.41) is 13.3. The summed E-state index contributed by atoms with van der Waals surface area (Å²) in [7, 11) is 0. The predicted octanol–water partition coefficient (Wildman–Crippen LogP) is 4.44. The highest BCUT2D eigenvalue weighted by Crippen LogP contribution is 2.40. The van der Waals surface area contributed by atoms with Crippen LogP contribution >= 0.6 is 0 Å². The Morgan fingerprint density at radius 1 is 0.862 bits per heavy atom. The van der Waals surface area contributed by atoms with Gasteiger partial charge in [0.25, 0.3) is 5.71 Å². The van der Waals surface area contributed by atoms with Crippen molar-refractivity contribution in [1.82, 2.24) is 0 Å². The predicted molar refractivity (Wildman–Crippen MR) is 110 cm³/mol. The molecule has 0 amide bonds. The van der Waals surface area contributed by atoms with Crippen molar-refractivity contribution in [1.29, 1.82) is 5.26 Å². The second-order valence-corrected chi connectivity index (χ2v) is 6.14. The van der Waals surface area contributed by atoms with E-state index in [1.807, 2.05) is 91.0 Å². The standard InChI is InChI=1S/C24H20N2O3/c1-2-28-23(27)22(18-25)26-29-24(19-12-6-3-7-13-19,20-14-8-4-9-15-20)21-16-10-5-11-17-21/h3-17H,2H2,1H3. The molecule has 0 aliphatic rings. The molecule has 0 bridgehead atoms. The summed E-state index contributed by atoms with van der Waals surface area (Å²) in [6.45, 7) is 1.80. The minimum atomic E-state index is -1.15. The minimum absolute atomic E-state index is 0.140. The number of hydrogen-bond acceptors (Lipinski definition) is 5. The lowest BCUT2D eigenvalue weighted by atomic mass is 9.80. The molecule has 0 aliphatic carbocycles. The van der Waals surface area contributed by atoms with E-state index >= 15 is 0 Å². The van der Waals surface area contributed by atoms with E-state index in [1.54, 1.807) is 13.0 Å². The number of ether oxygens (including phenoxy) is 1. The quantitative estimate of drug-likeness (QED) is 0.261. The van der Waals surface area contributed by atoms with Crippen molar-refractivity contribution in [2.24, 2.45) is 5.16 Å². The Morgan fingerprint density at radius 2 is 1.28 bits per heavy atom. The molecule has 0 unspecified atom stereocenters. The molecule has 0 aromatic heterocycles. The van der Waals surface area contributed by atoms with Crippen LogP contribution in [0, 0.1) is 11.3 Å². The average molecular weight is 384 g/mol. The van der Waals surface area contributed by atoms with Crippen LogP contribution in [0.1, 0.15) is 23.6 Å². The normalized spacial score (nSPS) is 11.4. The lowest BCUT2D eigenvalue weighted by Crippen LogP contribution is -2.32. The second kappa shape index (κ2) is 9.34. The number of nitriles is 1. The zero-order valence-electron chi connectivity index (χ0n) is 16.0. The van der Waals surface area contributed by atoms with Crippen LogP contribution in [0.4, 0.5) is 0 Å². The maximum atomic E-state index is 12.0. The van der Waals surface area contributed by atoms with Gasteiger partial charge in [0.2, 0.25) is 5.60 Å². The molecule has 3 aromatic rings. The summed E-state index contributed by atoms with van der Waals surface area (Å²) in [5.41, 5.74) is 0.823. The van der Waals surface area contributed by atoms with E-state index in [4.69, 9.17) is 9.57 Å². The Morgan fingerprint density at radius 3 is 1.62 bits per heavy atom. The molecule has 3 rings (SSSR count). The van der Waals surface area contributed by atoms with E-state index in [9.17, 15) is 10.1 Å². The fraction of sp³-hybridized carbons (Fsp3) is 0.125. The van der Waals surface area contributed by atoms with Gasteiger partial charge in [0, 0.05) is 16.7 Å². The molecule has 5 nitrogen and oxygen atoms in total. The Hall–Kier alpha value is -3.91. The van der Waals surface area contributed by atoms with E-state index in [-0.39, 0.29) is 6.61 Å². The van der Waals surface area contributed by atoms with E-state index in [0.29, 0.717) is 0 Å². The van der Waals surface area contributed by atoms with Crippen LogP contribution in [0.5, 0.6) is 0 Å². The van der Waals surface area contributed by atoms with Gasteiger partial charge in [0.15, 0.2) is 0 Å². The molecule has 0 atom stereocenters. The number of hydrogen-bond donors (Lipinski definition) is 0. The van der Waals surface area contributed by atoms with Gasteiger partial charge in [0.1, 0.15) is 6.07 Å². The summed E-state index contributed by atoms with van der Waals surface area (Å²) in [6, 6.07) is 30.4. The first-order valence-electron chi connectivity index (χ1n) is 9.22. The van der Waals surface area contributed by atoms with Crippen LogP contribution in [0.3, 0.4) is 0 Å². The molecule has 0 heterocycles. The third kappa shape index (κ3) is 4.17. The number of carbonyl (C=O) groups excluding carboxylic acids is 1. The van der Waals surface area contributed by atoms with Gasteiger partial charge in [0.05, 0.1) is 6.61 Å². The molecule has 0 fully saturated rings. The number of oxime groups is 1. The van der Waals surface area contributed by atoms with Crippen molar-refractivity contribution in [3.8, 4) is 6.07 Å². The highest BCUT2D eigenvalue weighted by Gasteiger charge is 2.40. The topological polar surface area (TPSA) is 71.7 Å². The van der Waals surface area contributed by atoms with Gasteiger partial charge in [-0.3, -0.25) is 0 Å². The molecule has 0 saturated heterocycles. The molecule has 3 aromatic carbocycles. The van der Waals surface area contributed by atoms with Crippen molar-refractivity contribution >= 4 is 11.7 Å². The summed E-state index contributed by atoms with van der Waals surface area (Å²) < 4.78 is 4.91. The molecule has 0 saturated carbocycles. The van der Waals surface area contributed by atoms with Crippen LogP contribution < -0.4 is 0 Å². The van der Waals surface area contributed by atoms with Crippen LogP contribution in [-0.2, 0) is 20.0 Å². The lowest BCUT2D eigenvalue weighted by molar-refractivity contribution is -0.135. The molecular weight excluding hydrogens is 364 g/mol. The molecule has 0 spiro atoms. The fourth-order valence-electron chi connectivity index (χ4n) is 3.09. The van der Waals surface area contributed by atoms with Crippen LogP contribution in [0.25, 0.3) is 0 Å². The second-order valence-electron chi connectivity index (χ2n) is 6.14. The molecule has 0 N–H and O–H groups in total. The van der Waals surface area contributed by atoms with E-state index in [1.165, 1.54) is 0 Å². The molecule has 5 heteroatoms. The van der Waals surface area contributed by atoms with Crippen molar-refractivity contribution < 1.29 is 14.4 Å². The van der Waals surface area contributed by atoms with Crippen molar-refractivity contribution in [3.63, 3.8) is 0 Å². The Bertz CT molecular complexity index is 914. The SMILES string of the molecule is CCOC(=O)C(C#N)=NOC(c1ccccc1)(c1ccccc1)c1ccccc1. The number of nitrogens with zero attached hydrogens (tertiary/aromatic N) is 2. The first-order valence-corrected chi connectivity index (χ1v) is 9.22. The first kappa shape index (κ1) is 19.8. The zero-order chi connectivity index (χ0) is 20.5. The monoisotopic (exact) mass is 384 g/mol. The number of carbonyl (C=O) groups is 1. The summed E-state index contributed by atoms with van der Waals surface area (Å²) in [6.07, 6.45) is 0. The highest BCUT2D eigenvalue weighted by molar-refractivity contribution is 6.42. The Labute approximate surface area is 169 Å². The molecular formula is C24H20N2O3. The Balaban J connectivity index is 2.23. The first-order chi connectivity index (χ1) is 14.2. The molecule has 144 valence electrons. The van der Waals surface area contributed by atoms with Crippen LogP contribution in [0.15, 0.2) is 96.2 Å². The average Bonchev–Trinajstić information content (AvgIpc) is 2.79. The molecule has 0 radical (unpaired) electrons. The van der Waals surface area contributed by atoms with Gasteiger partial charge < -0.3 is 9.57 Å². The van der Waals surface area contributed by atoms with Gasteiger partial charge in [-0.15, -0.1) is 0 Å². The molecule has 0 aliphatic heterocycles. The van der Waals surface area contributed by atoms with Crippen molar-refractivity contribution in [2.75, 3.05) is 6.61 Å². The van der Waals surface area contributed by atoms with Gasteiger partial charge in [-0.1, -0.05) is 96.2 Å². The van der Waals surface area contributed by atoms with Crippen LogP contribution in [-0.4, -0.2) is 18.3 Å².